The van der Waals surface area contributed by atoms with E-state index in [1.165, 1.54) is 5.56 Å². The van der Waals surface area contributed by atoms with Crippen LogP contribution >= 0.6 is 39.1 Å². The first kappa shape index (κ1) is 16.9. The van der Waals surface area contributed by atoms with Crippen molar-refractivity contribution in [3.8, 4) is 0 Å². The molecule has 2 aromatic rings. The van der Waals surface area contributed by atoms with Gasteiger partial charge in [-0.15, -0.1) is 11.6 Å². The van der Waals surface area contributed by atoms with Gasteiger partial charge in [-0.2, -0.15) is 5.10 Å². The highest BCUT2D eigenvalue weighted by atomic mass is 79.9. The second-order valence-electron chi connectivity index (χ2n) is 5.22. The molecule has 0 aliphatic heterocycles. The van der Waals surface area contributed by atoms with E-state index in [4.69, 9.17) is 23.2 Å². The van der Waals surface area contributed by atoms with Crippen LogP contribution in [0.5, 0.6) is 0 Å². The zero-order valence-electron chi connectivity index (χ0n) is 12.2. The van der Waals surface area contributed by atoms with Crippen molar-refractivity contribution < 1.29 is 0 Å². The minimum atomic E-state index is 0.347. The Morgan fingerprint density at radius 3 is 2.71 bits per heavy atom. The molecule has 0 amide bonds. The van der Waals surface area contributed by atoms with Crippen LogP contribution in [0.15, 0.2) is 28.7 Å². The third-order valence-corrected chi connectivity index (χ3v) is 4.99. The number of hydrogen-bond acceptors (Lipinski definition) is 1. The summed E-state index contributed by atoms with van der Waals surface area (Å²) >= 11 is 16.1. The molecule has 1 aromatic heterocycles. The lowest BCUT2D eigenvalue weighted by atomic mass is 9.96. The average molecular weight is 390 g/mol. The molecule has 0 aliphatic rings. The topological polar surface area (TPSA) is 17.8 Å². The Morgan fingerprint density at radius 2 is 2.10 bits per heavy atom. The zero-order chi connectivity index (χ0) is 15.4. The average Bonchev–Trinajstić information content (AvgIpc) is 2.74. The van der Waals surface area contributed by atoms with Gasteiger partial charge in [0.15, 0.2) is 0 Å². The Morgan fingerprint density at radius 1 is 1.33 bits per heavy atom. The highest BCUT2D eigenvalue weighted by molar-refractivity contribution is 9.10. The van der Waals surface area contributed by atoms with Gasteiger partial charge >= 0.3 is 0 Å². The maximum absolute atomic E-state index is 6.39. The van der Waals surface area contributed by atoms with Gasteiger partial charge in [0.25, 0.3) is 0 Å². The van der Waals surface area contributed by atoms with Crippen LogP contribution in [0.2, 0.25) is 5.02 Å². The van der Waals surface area contributed by atoms with Crippen molar-refractivity contribution in [1.82, 2.24) is 9.78 Å². The Hall–Kier alpha value is -0.510. The normalized spacial score (nSPS) is 12.6. The molecule has 0 saturated carbocycles. The van der Waals surface area contributed by atoms with E-state index in [0.29, 0.717) is 11.8 Å². The van der Waals surface area contributed by atoms with E-state index in [1.54, 1.807) is 0 Å². The third kappa shape index (κ3) is 4.24. The molecule has 0 spiro atoms. The van der Waals surface area contributed by atoms with Crippen molar-refractivity contribution in [3.05, 3.63) is 50.7 Å². The van der Waals surface area contributed by atoms with Gasteiger partial charge in [0, 0.05) is 16.9 Å². The molecular weight excluding hydrogens is 371 g/mol. The molecule has 0 radical (unpaired) electrons. The van der Waals surface area contributed by atoms with Gasteiger partial charge in [-0.25, -0.2) is 0 Å². The summed E-state index contributed by atoms with van der Waals surface area (Å²) in [5.74, 6) is 0.955. The van der Waals surface area contributed by atoms with E-state index in [0.717, 1.165) is 40.3 Å². The van der Waals surface area contributed by atoms with Crippen LogP contribution in [-0.2, 0) is 19.4 Å². The van der Waals surface area contributed by atoms with Crippen molar-refractivity contribution in [3.63, 3.8) is 0 Å². The second-order valence-corrected chi connectivity index (χ2v) is 6.82. The summed E-state index contributed by atoms with van der Waals surface area (Å²) in [5.41, 5.74) is 3.27. The molecular formula is C16H19BrCl2N2. The SMILES string of the molecule is CCn1nc(C)c(Cl)c1CC(CCl)Cc1cccc(Br)c1. The zero-order valence-corrected chi connectivity index (χ0v) is 15.3. The molecule has 21 heavy (non-hydrogen) atoms. The monoisotopic (exact) mass is 388 g/mol. The fourth-order valence-corrected chi connectivity index (χ4v) is 3.39. The van der Waals surface area contributed by atoms with E-state index in [-0.39, 0.29) is 0 Å². The summed E-state index contributed by atoms with van der Waals surface area (Å²) in [6.07, 6.45) is 1.79. The number of alkyl halides is 1. The molecule has 5 heteroatoms. The second kappa shape index (κ2) is 7.66. The standard InChI is InChI=1S/C16H19BrCl2N2/c1-3-21-15(16(19)11(2)20-21)9-13(10-18)7-12-5-4-6-14(17)8-12/h4-6,8,13H,3,7,9-10H2,1-2H3. The molecule has 1 aromatic carbocycles. The predicted octanol–water partition coefficient (Wildman–Crippen LogP) is 5.27. The fraction of sp³-hybridized carbons (Fsp3) is 0.438. The number of benzene rings is 1. The Bertz CT molecular complexity index is 610. The molecule has 0 aliphatic carbocycles. The van der Waals surface area contributed by atoms with Gasteiger partial charge in [0.2, 0.25) is 0 Å². The molecule has 0 saturated heterocycles. The molecule has 1 unspecified atom stereocenters. The fourth-order valence-electron chi connectivity index (χ4n) is 2.52. The lowest BCUT2D eigenvalue weighted by molar-refractivity contribution is 0.531. The number of hydrogen-bond donors (Lipinski definition) is 0. The van der Waals surface area contributed by atoms with Crippen molar-refractivity contribution in [2.24, 2.45) is 5.92 Å². The van der Waals surface area contributed by atoms with E-state index in [2.05, 4.69) is 46.2 Å². The molecule has 114 valence electrons. The van der Waals surface area contributed by atoms with Crippen LogP contribution < -0.4 is 0 Å². The highest BCUT2D eigenvalue weighted by Gasteiger charge is 2.18. The molecule has 1 heterocycles. The smallest absolute Gasteiger partial charge is 0.0847 e. The maximum atomic E-state index is 6.39. The van der Waals surface area contributed by atoms with Gasteiger partial charge < -0.3 is 0 Å². The van der Waals surface area contributed by atoms with Crippen LogP contribution in [0.4, 0.5) is 0 Å². The molecule has 0 N–H and O–H groups in total. The van der Waals surface area contributed by atoms with Crippen LogP contribution in [0.3, 0.4) is 0 Å². The van der Waals surface area contributed by atoms with E-state index < -0.39 is 0 Å². The van der Waals surface area contributed by atoms with Crippen LogP contribution in [0, 0.1) is 12.8 Å². The van der Waals surface area contributed by atoms with E-state index >= 15 is 0 Å². The summed E-state index contributed by atoms with van der Waals surface area (Å²) in [6, 6.07) is 8.36. The van der Waals surface area contributed by atoms with Crippen LogP contribution in [0.1, 0.15) is 23.9 Å². The van der Waals surface area contributed by atoms with Gasteiger partial charge in [0.05, 0.1) is 16.4 Å². The van der Waals surface area contributed by atoms with Crippen molar-refractivity contribution in [1.29, 1.82) is 0 Å². The molecule has 1 atom stereocenters. The summed E-state index contributed by atoms with van der Waals surface area (Å²) < 4.78 is 3.08. The van der Waals surface area contributed by atoms with Gasteiger partial charge in [-0.05, 0) is 50.3 Å². The first-order valence-corrected chi connectivity index (χ1v) is 8.77. The molecule has 2 rings (SSSR count). The summed E-state index contributed by atoms with van der Waals surface area (Å²) in [6.45, 7) is 4.85. The molecule has 0 bridgehead atoms. The third-order valence-electron chi connectivity index (χ3n) is 3.57. The lowest BCUT2D eigenvalue weighted by Crippen LogP contribution is -2.14. The van der Waals surface area contributed by atoms with Crippen LogP contribution in [0.25, 0.3) is 0 Å². The number of rotatable bonds is 6. The molecule has 2 nitrogen and oxygen atoms in total. The summed E-state index contributed by atoms with van der Waals surface area (Å²) in [5, 5.41) is 5.25. The van der Waals surface area contributed by atoms with E-state index in [1.807, 2.05) is 17.7 Å². The Kier molecular flexibility index (Phi) is 6.15. The van der Waals surface area contributed by atoms with Crippen molar-refractivity contribution in [2.45, 2.75) is 33.2 Å². The Labute approximate surface area is 144 Å². The summed E-state index contributed by atoms with van der Waals surface area (Å²) in [7, 11) is 0. The minimum absolute atomic E-state index is 0.347. The summed E-state index contributed by atoms with van der Waals surface area (Å²) in [4.78, 5) is 0. The highest BCUT2D eigenvalue weighted by Crippen LogP contribution is 2.25. The first-order valence-electron chi connectivity index (χ1n) is 7.07. The van der Waals surface area contributed by atoms with Crippen molar-refractivity contribution in [2.75, 3.05) is 5.88 Å². The number of aromatic nitrogens is 2. The minimum Gasteiger partial charge on any atom is -0.268 e. The largest absolute Gasteiger partial charge is 0.268 e. The maximum Gasteiger partial charge on any atom is 0.0847 e. The quantitative estimate of drug-likeness (QED) is 0.615. The van der Waals surface area contributed by atoms with Gasteiger partial charge in [-0.1, -0.05) is 39.7 Å². The number of aryl methyl sites for hydroxylation is 2. The van der Waals surface area contributed by atoms with Gasteiger partial charge in [-0.3, -0.25) is 4.68 Å². The first-order chi connectivity index (χ1) is 10.0. The predicted molar refractivity (Wildman–Crippen MR) is 93.4 cm³/mol. The van der Waals surface area contributed by atoms with Crippen molar-refractivity contribution >= 4 is 39.1 Å². The Balaban J connectivity index is 2.16. The van der Waals surface area contributed by atoms with Crippen LogP contribution in [-0.4, -0.2) is 15.7 Å². The van der Waals surface area contributed by atoms with Gasteiger partial charge in [0.1, 0.15) is 0 Å². The molecule has 0 fully saturated rings. The van der Waals surface area contributed by atoms with E-state index in [9.17, 15) is 0 Å². The number of halogens is 3. The number of nitrogens with zero attached hydrogens (tertiary/aromatic N) is 2. The lowest BCUT2D eigenvalue weighted by Gasteiger charge is -2.15.